The minimum Gasteiger partial charge on any atom is -0.306 e. The van der Waals surface area contributed by atoms with Gasteiger partial charge in [-0.3, -0.25) is 9.59 Å². The number of carbonyl (C=O) groups is 2. The van der Waals surface area contributed by atoms with Gasteiger partial charge in [0.15, 0.2) is 11.6 Å². The van der Waals surface area contributed by atoms with E-state index in [1.165, 1.54) is 19.3 Å². The van der Waals surface area contributed by atoms with Crippen molar-refractivity contribution in [3.8, 4) is 5.69 Å². The highest BCUT2D eigenvalue weighted by molar-refractivity contribution is 6.23. The lowest BCUT2D eigenvalue weighted by Gasteiger charge is -2.26. The Bertz CT molecular complexity index is 963. The molecular weight excluding hydrogens is 372 g/mol. The maximum absolute atomic E-state index is 13.2. The van der Waals surface area contributed by atoms with E-state index in [9.17, 15) is 9.59 Å². The molecule has 1 unspecified atom stereocenters. The molecule has 0 spiro atoms. The van der Waals surface area contributed by atoms with Crippen LogP contribution in [-0.2, 0) is 9.59 Å². The number of ketones is 2. The molecule has 0 saturated carbocycles. The third-order valence-electron chi connectivity index (χ3n) is 6.22. The van der Waals surface area contributed by atoms with E-state index in [1.807, 2.05) is 29.8 Å². The Morgan fingerprint density at radius 1 is 1.00 bits per heavy atom. The molecule has 3 rings (SSSR count). The summed E-state index contributed by atoms with van der Waals surface area (Å²) >= 11 is 0. The molecule has 2 aromatic rings. The van der Waals surface area contributed by atoms with Gasteiger partial charge in [0.25, 0.3) is 0 Å². The summed E-state index contributed by atoms with van der Waals surface area (Å²) in [5.41, 5.74) is 4.97. The van der Waals surface area contributed by atoms with E-state index < -0.39 is 0 Å². The standard InChI is InChI=1S/C26H32N2O2/c1-5-6-7-8-9-10-23(24-20(4)25(29)18(2)19(3)26(24)30)21-11-13-22(14-12-21)28-16-15-27-17-28/h11-17,20H,5-10H2,1-4H3/b24-23-. The van der Waals surface area contributed by atoms with Gasteiger partial charge in [0, 0.05) is 35.1 Å². The van der Waals surface area contributed by atoms with Gasteiger partial charge in [0.1, 0.15) is 0 Å². The second kappa shape index (κ2) is 9.84. The van der Waals surface area contributed by atoms with Crippen LogP contribution in [0, 0.1) is 5.92 Å². The van der Waals surface area contributed by atoms with Gasteiger partial charge in [-0.2, -0.15) is 0 Å². The first kappa shape index (κ1) is 21.9. The Hall–Kier alpha value is -2.75. The number of nitrogens with zero attached hydrogens (tertiary/aromatic N) is 2. The van der Waals surface area contributed by atoms with E-state index in [1.54, 1.807) is 26.4 Å². The Labute approximate surface area is 179 Å². The SMILES string of the molecule is CCCCCCC/C(=C1/C(=O)C(C)=C(C)C(=O)C1C)c1ccc(-n2ccnc2)cc1. The van der Waals surface area contributed by atoms with Gasteiger partial charge in [-0.15, -0.1) is 0 Å². The monoisotopic (exact) mass is 404 g/mol. The van der Waals surface area contributed by atoms with Crippen LogP contribution in [0.15, 0.2) is 59.7 Å². The molecule has 0 N–H and O–H groups in total. The summed E-state index contributed by atoms with van der Waals surface area (Å²) in [6.07, 6.45) is 12.1. The van der Waals surface area contributed by atoms with Crippen LogP contribution in [0.1, 0.15) is 71.8 Å². The smallest absolute Gasteiger partial charge is 0.186 e. The summed E-state index contributed by atoms with van der Waals surface area (Å²) < 4.78 is 1.95. The number of hydrogen-bond acceptors (Lipinski definition) is 3. The molecule has 0 aliphatic heterocycles. The zero-order valence-electron chi connectivity index (χ0n) is 18.6. The van der Waals surface area contributed by atoms with Crippen molar-refractivity contribution in [1.82, 2.24) is 9.55 Å². The molecule has 4 nitrogen and oxygen atoms in total. The molecule has 0 bridgehead atoms. The molecule has 30 heavy (non-hydrogen) atoms. The first-order valence-corrected chi connectivity index (χ1v) is 11.0. The molecule has 1 heterocycles. The maximum atomic E-state index is 13.2. The molecular formula is C26H32N2O2. The number of allylic oxidation sites excluding steroid dienone is 4. The number of hydrogen-bond donors (Lipinski definition) is 0. The Morgan fingerprint density at radius 2 is 1.70 bits per heavy atom. The lowest BCUT2D eigenvalue weighted by Crippen LogP contribution is -2.29. The third-order valence-corrected chi connectivity index (χ3v) is 6.22. The van der Waals surface area contributed by atoms with E-state index in [4.69, 9.17) is 0 Å². The zero-order chi connectivity index (χ0) is 21.7. The van der Waals surface area contributed by atoms with Gasteiger partial charge in [-0.1, -0.05) is 51.7 Å². The predicted molar refractivity (Wildman–Crippen MR) is 121 cm³/mol. The summed E-state index contributed by atoms with van der Waals surface area (Å²) in [6.45, 7) is 7.64. The van der Waals surface area contributed by atoms with Crippen LogP contribution in [0.4, 0.5) is 0 Å². The van der Waals surface area contributed by atoms with E-state index in [2.05, 4.69) is 24.0 Å². The summed E-state index contributed by atoms with van der Waals surface area (Å²) in [4.78, 5) is 30.1. The van der Waals surface area contributed by atoms with Crippen molar-refractivity contribution >= 4 is 17.1 Å². The minimum atomic E-state index is -0.389. The quantitative estimate of drug-likeness (QED) is 0.394. The van der Waals surface area contributed by atoms with Crippen LogP contribution < -0.4 is 0 Å². The van der Waals surface area contributed by atoms with Gasteiger partial charge in [0.05, 0.1) is 6.33 Å². The van der Waals surface area contributed by atoms with Crippen LogP contribution in [-0.4, -0.2) is 21.1 Å². The summed E-state index contributed by atoms with van der Waals surface area (Å²) in [5, 5.41) is 0. The average molecular weight is 405 g/mol. The molecule has 1 aromatic heterocycles. The van der Waals surface area contributed by atoms with Crippen molar-refractivity contribution in [2.75, 3.05) is 0 Å². The second-order valence-electron chi connectivity index (χ2n) is 8.24. The van der Waals surface area contributed by atoms with Crippen LogP contribution in [0.3, 0.4) is 0 Å². The van der Waals surface area contributed by atoms with Gasteiger partial charge in [0.2, 0.25) is 0 Å². The molecule has 1 aliphatic rings. The van der Waals surface area contributed by atoms with Crippen LogP contribution in [0.5, 0.6) is 0 Å². The summed E-state index contributed by atoms with van der Waals surface area (Å²) in [7, 11) is 0. The van der Waals surface area contributed by atoms with Gasteiger partial charge in [-0.25, -0.2) is 4.98 Å². The molecule has 1 aromatic carbocycles. The van der Waals surface area contributed by atoms with Crippen molar-refractivity contribution in [3.63, 3.8) is 0 Å². The Morgan fingerprint density at radius 3 is 2.33 bits per heavy atom. The predicted octanol–water partition coefficient (Wildman–Crippen LogP) is 6.11. The number of benzene rings is 1. The topological polar surface area (TPSA) is 52.0 Å². The summed E-state index contributed by atoms with van der Waals surface area (Å²) in [6, 6.07) is 8.22. The van der Waals surface area contributed by atoms with Gasteiger partial charge >= 0.3 is 0 Å². The number of Topliss-reactive ketones (excluding diaryl/α,β-unsaturated/α-hetero) is 2. The number of imidazole rings is 1. The Balaban J connectivity index is 1.99. The molecule has 4 heteroatoms. The van der Waals surface area contributed by atoms with Crippen LogP contribution >= 0.6 is 0 Å². The first-order valence-electron chi connectivity index (χ1n) is 11.0. The van der Waals surface area contributed by atoms with E-state index in [0.29, 0.717) is 16.7 Å². The largest absolute Gasteiger partial charge is 0.306 e. The highest BCUT2D eigenvalue weighted by Crippen LogP contribution is 2.36. The van der Waals surface area contributed by atoms with Crippen LogP contribution in [0.25, 0.3) is 11.3 Å². The molecule has 0 radical (unpaired) electrons. The second-order valence-corrected chi connectivity index (χ2v) is 8.24. The fourth-order valence-electron chi connectivity index (χ4n) is 4.19. The Kier molecular flexibility index (Phi) is 7.20. The first-order chi connectivity index (χ1) is 14.5. The van der Waals surface area contributed by atoms with E-state index >= 15 is 0 Å². The fraction of sp³-hybridized carbons (Fsp3) is 0.423. The summed E-state index contributed by atoms with van der Waals surface area (Å²) in [5.74, 6) is -0.289. The van der Waals surface area contributed by atoms with Crippen molar-refractivity contribution < 1.29 is 9.59 Å². The number of carbonyl (C=O) groups excluding carboxylic acids is 2. The molecule has 0 amide bonds. The van der Waals surface area contributed by atoms with Crippen molar-refractivity contribution in [3.05, 3.63) is 65.3 Å². The minimum absolute atomic E-state index is 0.0295. The van der Waals surface area contributed by atoms with Gasteiger partial charge < -0.3 is 4.57 Å². The molecule has 0 saturated heterocycles. The highest BCUT2D eigenvalue weighted by atomic mass is 16.1. The van der Waals surface area contributed by atoms with Crippen molar-refractivity contribution in [2.24, 2.45) is 5.92 Å². The number of aromatic nitrogens is 2. The van der Waals surface area contributed by atoms with Gasteiger partial charge in [-0.05, 0) is 55.5 Å². The number of unbranched alkanes of at least 4 members (excludes halogenated alkanes) is 4. The third kappa shape index (κ3) is 4.53. The maximum Gasteiger partial charge on any atom is 0.186 e. The average Bonchev–Trinajstić information content (AvgIpc) is 3.30. The molecule has 1 atom stereocenters. The highest BCUT2D eigenvalue weighted by Gasteiger charge is 2.34. The van der Waals surface area contributed by atoms with Crippen molar-refractivity contribution in [1.29, 1.82) is 0 Å². The molecule has 0 fully saturated rings. The van der Waals surface area contributed by atoms with Crippen LogP contribution in [0.2, 0.25) is 0 Å². The lowest BCUT2D eigenvalue weighted by atomic mass is 9.76. The zero-order valence-corrected chi connectivity index (χ0v) is 18.6. The fourth-order valence-corrected chi connectivity index (χ4v) is 4.19. The van der Waals surface area contributed by atoms with E-state index in [0.717, 1.165) is 36.1 Å². The van der Waals surface area contributed by atoms with Crippen molar-refractivity contribution in [2.45, 2.75) is 66.2 Å². The lowest BCUT2D eigenvalue weighted by molar-refractivity contribution is -0.122. The molecule has 158 valence electrons. The normalized spacial score (nSPS) is 18.9. The van der Waals surface area contributed by atoms with E-state index in [-0.39, 0.29) is 17.5 Å². The number of rotatable bonds is 8. The molecule has 1 aliphatic carbocycles.